The van der Waals surface area contributed by atoms with Crippen molar-refractivity contribution in [2.75, 3.05) is 51.7 Å². The molecule has 1 amide bonds. The fraction of sp³-hybridized carbons (Fsp3) is 0.600. The van der Waals surface area contributed by atoms with Gasteiger partial charge in [0.2, 0.25) is 5.88 Å². The Kier molecular flexibility index (Phi) is 12.2. The van der Waals surface area contributed by atoms with Crippen molar-refractivity contribution in [3.63, 3.8) is 0 Å². The second-order valence-corrected chi connectivity index (χ2v) is 26.5. The Balaban J connectivity index is 1.25. The molecule has 0 aliphatic carbocycles. The van der Waals surface area contributed by atoms with Gasteiger partial charge in [-0.2, -0.15) is 9.97 Å². The van der Waals surface area contributed by atoms with Crippen LogP contribution in [0.3, 0.4) is 0 Å². The molecule has 0 radical (unpaired) electrons. The zero-order chi connectivity index (χ0) is 47.0. The molecular weight excluding hydrogens is 866 g/mol. The lowest BCUT2D eigenvalue weighted by molar-refractivity contribution is 0.00537. The van der Waals surface area contributed by atoms with Crippen molar-refractivity contribution in [1.82, 2.24) is 24.8 Å². The predicted molar refractivity (Wildman–Crippen MR) is 251 cm³/mol. The maximum atomic E-state index is 18.1. The molecule has 0 saturated carbocycles. The van der Waals surface area contributed by atoms with Crippen molar-refractivity contribution in [3.05, 3.63) is 41.5 Å². The molecule has 5 aliphatic heterocycles. The number of benzene rings is 2. The number of rotatable bonds is 10. The largest absolute Gasteiger partial charge is 0.475 e. The van der Waals surface area contributed by atoms with Gasteiger partial charge < -0.3 is 28.6 Å². The van der Waals surface area contributed by atoms with E-state index in [9.17, 15) is 9.18 Å². The predicted octanol–water partition coefficient (Wildman–Crippen LogP) is 9.98. The third-order valence-electron chi connectivity index (χ3n) is 14.9. The van der Waals surface area contributed by atoms with E-state index in [1.54, 1.807) is 18.2 Å². The smallest absolute Gasteiger partial charge is 0.410 e. The van der Waals surface area contributed by atoms with Crippen molar-refractivity contribution < 1.29 is 41.7 Å². The maximum absolute atomic E-state index is 18.1. The molecule has 2 aromatic carbocycles. The van der Waals surface area contributed by atoms with E-state index < -0.39 is 49.2 Å². The van der Waals surface area contributed by atoms with Crippen LogP contribution in [0.25, 0.3) is 32.9 Å². The number of piperazine rings is 1. The summed E-state index contributed by atoms with van der Waals surface area (Å²) >= 11 is 0. The highest BCUT2D eigenvalue weighted by molar-refractivity contribution is 6.90. The summed E-state index contributed by atoms with van der Waals surface area (Å²) in [6.45, 7) is 20.3. The van der Waals surface area contributed by atoms with Crippen LogP contribution in [-0.2, 0) is 9.47 Å². The van der Waals surface area contributed by atoms with Crippen LogP contribution in [0, 0.1) is 23.1 Å². The summed E-state index contributed by atoms with van der Waals surface area (Å²) in [6, 6.07) is 5.41. The third-order valence-corrected chi connectivity index (χ3v) is 21.2. The zero-order valence-corrected chi connectivity index (χ0v) is 40.9. The minimum atomic E-state index is -2.36. The molecule has 0 N–H and O–H groups in total. The second kappa shape index (κ2) is 17.3. The molecule has 4 fully saturated rings. The first-order valence-electron chi connectivity index (χ1n) is 23.6. The molecule has 5 atom stereocenters. The monoisotopic (exact) mass is 928 g/mol. The number of ether oxygens (including phenoxy) is 5. The maximum Gasteiger partial charge on any atom is 0.410 e. The highest BCUT2D eigenvalue weighted by atomic mass is 28.3. The molecule has 4 saturated heterocycles. The number of alkyl halides is 1. The standard InChI is InChI=1S/C50H63F3N6O6Si/c1-28(2)66(29(3)4,30(5)6)19-16-35-37(52)14-12-31-20-34(64-27-61-10)21-36(40(31)35)43-42(53)44-41-45(56-47(55-44)63-26-50-17-11-18-57(50)23-32(51)22-50)58-24-33-13-15-38(39(58)25-62-46(41)54-43)59(33)48(60)65-49(7,8)9/h12,14,20-21,28-30,32-33,38-39H,11,13,15,17-18,22-27H2,1-10H3/t32-,33+,38-,39+,50-/m0/s1. The van der Waals surface area contributed by atoms with Crippen LogP contribution in [0.2, 0.25) is 16.6 Å². The highest BCUT2D eigenvalue weighted by Crippen LogP contribution is 2.48. The summed E-state index contributed by atoms with van der Waals surface area (Å²) in [5.41, 5.74) is 3.43. The van der Waals surface area contributed by atoms with Gasteiger partial charge in [0.1, 0.15) is 67.0 Å². The van der Waals surface area contributed by atoms with Crippen molar-refractivity contribution >= 4 is 41.7 Å². The summed E-state index contributed by atoms with van der Waals surface area (Å²) in [4.78, 5) is 34.6. The Morgan fingerprint density at radius 2 is 1.74 bits per heavy atom. The van der Waals surface area contributed by atoms with E-state index in [0.29, 0.717) is 48.3 Å². The number of methoxy groups -OCH3 is 1. The first kappa shape index (κ1) is 46.3. The van der Waals surface area contributed by atoms with Crippen LogP contribution < -0.4 is 19.1 Å². The normalized spacial score (nSPS) is 23.9. The van der Waals surface area contributed by atoms with Crippen LogP contribution in [0.1, 0.15) is 100.0 Å². The molecule has 2 bridgehead atoms. The first-order valence-corrected chi connectivity index (χ1v) is 25.8. The minimum absolute atomic E-state index is 0.0670. The number of aromatic nitrogens is 3. The van der Waals surface area contributed by atoms with Crippen LogP contribution in [-0.4, -0.2) is 121 Å². The van der Waals surface area contributed by atoms with E-state index in [1.807, 2.05) is 25.7 Å². The van der Waals surface area contributed by atoms with Crippen LogP contribution in [0.5, 0.6) is 17.6 Å². The average molecular weight is 929 g/mol. The lowest BCUT2D eigenvalue weighted by Gasteiger charge is -2.46. The number of pyridine rings is 1. The Morgan fingerprint density at radius 3 is 2.45 bits per heavy atom. The number of amides is 1. The molecule has 66 heavy (non-hydrogen) atoms. The van der Waals surface area contributed by atoms with Gasteiger partial charge in [-0.15, -0.1) is 5.54 Å². The molecule has 0 unspecified atom stereocenters. The van der Waals surface area contributed by atoms with Gasteiger partial charge in [-0.05, 0) is 93.2 Å². The van der Waals surface area contributed by atoms with E-state index in [0.717, 1.165) is 25.8 Å². The molecule has 12 nitrogen and oxygen atoms in total. The van der Waals surface area contributed by atoms with E-state index in [2.05, 4.69) is 62.8 Å². The van der Waals surface area contributed by atoms with Crippen LogP contribution in [0.4, 0.5) is 23.8 Å². The van der Waals surface area contributed by atoms with Gasteiger partial charge >= 0.3 is 12.1 Å². The Labute approximate surface area is 386 Å². The van der Waals surface area contributed by atoms with Gasteiger partial charge in [-0.1, -0.05) is 53.5 Å². The third kappa shape index (κ3) is 7.90. The molecule has 7 heterocycles. The van der Waals surface area contributed by atoms with Crippen LogP contribution in [0.15, 0.2) is 24.3 Å². The van der Waals surface area contributed by atoms with Gasteiger partial charge in [-0.3, -0.25) is 9.80 Å². The number of hydrogen-bond acceptors (Lipinski definition) is 11. The Hall–Kier alpha value is -4.85. The molecule has 0 spiro atoms. The molecule has 4 aromatic rings. The number of anilines is 1. The number of carbonyl (C=O) groups excluding carboxylic acids is 1. The summed E-state index contributed by atoms with van der Waals surface area (Å²) in [7, 11) is -0.860. The highest BCUT2D eigenvalue weighted by Gasteiger charge is 2.53. The molecular formula is C50H63F3N6O6Si. The fourth-order valence-corrected chi connectivity index (χ4v) is 17.3. The summed E-state index contributed by atoms with van der Waals surface area (Å²) < 4.78 is 79.9. The lowest BCUT2D eigenvalue weighted by atomic mass is 9.95. The van der Waals surface area contributed by atoms with E-state index in [4.69, 9.17) is 38.6 Å². The first-order chi connectivity index (χ1) is 31.4. The van der Waals surface area contributed by atoms with Gasteiger partial charge in [0.25, 0.3) is 0 Å². The summed E-state index contributed by atoms with van der Waals surface area (Å²) in [5, 5.41) is 1.19. The second-order valence-electron chi connectivity index (χ2n) is 20.9. The molecule has 5 aliphatic rings. The van der Waals surface area contributed by atoms with E-state index in [-0.39, 0.29) is 88.3 Å². The SMILES string of the molecule is COCOc1cc(-c2nc3c4c(nc(OC[C@@]56CCCN5C[C@@H](F)C6)nc4c2F)N2C[C@H]4CC[C@@H]([C@H]2CO3)N4C(=O)OC(C)(C)C)c2c(C#C[Si](C(C)C)(C(C)C)C(C)C)c(F)ccc2c1. The average Bonchev–Trinajstić information content (AvgIpc) is 3.86. The summed E-state index contributed by atoms with van der Waals surface area (Å²) in [6.07, 6.45) is 2.07. The molecule has 354 valence electrons. The van der Waals surface area contributed by atoms with E-state index in [1.165, 1.54) is 13.2 Å². The summed E-state index contributed by atoms with van der Waals surface area (Å²) in [5.74, 6) is 2.81. The van der Waals surface area contributed by atoms with Gasteiger partial charge in [0.15, 0.2) is 12.6 Å². The van der Waals surface area contributed by atoms with Gasteiger partial charge in [0.05, 0.1) is 29.2 Å². The van der Waals surface area contributed by atoms with Crippen LogP contribution >= 0.6 is 0 Å². The Bertz CT molecular complexity index is 2590. The van der Waals surface area contributed by atoms with Crippen molar-refractivity contribution in [2.45, 2.75) is 146 Å². The fourth-order valence-electron chi connectivity index (χ4n) is 12.1. The topological polar surface area (TPSA) is 112 Å². The van der Waals surface area contributed by atoms with Crippen molar-refractivity contribution in [1.29, 1.82) is 0 Å². The number of halogens is 3. The number of carbonyl (C=O) groups is 1. The number of hydrogen-bond donors (Lipinski definition) is 0. The van der Waals surface area contributed by atoms with Gasteiger partial charge in [0, 0.05) is 37.6 Å². The zero-order valence-electron chi connectivity index (χ0n) is 39.9. The van der Waals surface area contributed by atoms with Gasteiger partial charge in [-0.25, -0.2) is 22.9 Å². The number of nitrogens with zero attached hydrogens (tertiary/aromatic N) is 6. The van der Waals surface area contributed by atoms with Crippen molar-refractivity contribution in [2.24, 2.45) is 0 Å². The quantitative estimate of drug-likeness (QED) is 0.0861. The minimum Gasteiger partial charge on any atom is -0.475 e. The molecule has 2 aromatic heterocycles. The molecule has 16 heteroatoms. The van der Waals surface area contributed by atoms with E-state index >= 15 is 8.78 Å². The molecule has 9 rings (SSSR count). The Morgan fingerprint density at radius 1 is 0.985 bits per heavy atom. The lowest BCUT2D eigenvalue weighted by Crippen LogP contribution is -2.63. The number of fused-ring (bicyclic) bond motifs is 7. The van der Waals surface area contributed by atoms with Crippen molar-refractivity contribution in [3.8, 4) is 40.4 Å².